The molecule has 7 heterocycles. The average molecular weight is 941 g/mol. The lowest BCUT2D eigenvalue weighted by Gasteiger charge is -2.31. The van der Waals surface area contributed by atoms with Gasteiger partial charge in [0.2, 0.25) is 0 Å². The van der Waals surface area contributed by atoms with Crippen molar-refractivity contribution in [1.82, 2.24) is 39.2 Å². The van der Waals surface area contributed by atoms with Gasteiger partial charge >= 0.3 is 5.97 Å². The van der Waals surface area contributed by atoms with Gasteiger partial charge in [-0.3, -0.25) is 4.79 Å². The minimum atomic E-state index is -0.267. The molecule has 0 radical (unpaired) electrons. The molecule has 0 unspecified atom stereocenters. The van der Waals surface area contributed by atoms with E-state index in [9.17, 15) is 13.6 Å². The number of halogens is 3. The van der Waals surface area contributed by atoms with Crippen LogP contribution in [0.15, 0.2) is 88.2 Å². The van der Waals surface area contributed by atoms with Gasteiger partial charge in [0.1, 0.15) is 22.1 Å². The average Bonchev–Trinajstić information content (AvgIpc) is 4.12. The van der Waals surface area contributed by atoms with E-state index in [1.165, 1.54) is 46.9 Å². The van der Waals surface area contributed by atoms with E-state index in [4.69, 9.17) is 24.8 Å². The molecule has 1 aliphatic heterocycles. The number of ether oxygens (including phenoxy) is 1. The molecule has 0 saturated carbocycles. The fourth-order valence-electron chi connectivity index (χ4n) is 7.35. The largest absolute Gasteiger partial charge is 0.466 e. The molecular weight excluding hydrogens is 897 g/mol. The summed E-state index contributed by atoms with van der Waals surface area (Å²) in [6.07, 6.45) is 3.04. The molecule has 0 amide bonds. The Morgan fingerprint density at radius 1 is 0.710 bits per heavy atom. The maximum absolute atomic E-state index is 13.3. The van der Waals surface area contributed by atoms with Crippen LogP contribution >= 0.6 is 38.6 Å². The highest BCUT2D eigenvalue weighted by Crippen LogP contribution is 2.36. The summed E-state index contributed by atoms with van der Waals surface area (Å²) in [5.41, 5.74) is 6.82. The topological polar surface area (TPSA) is 122 Å². The number of benzene rings is 2. The van der Waals surface area contributed by atoms with Gasteiger partial charge in [0.05, 0.1) is 35.3 Å². The summed E-state index contributed by atoms with van der Waals surface area (Å²) in [7, 11) is 3.92. The Labute approximate surface area is 373 Å². The molecule has 9 rings (SSSR count). The molecular formula is C44H44BrF2N11O2S2. The molecule has 6 aromatic heterocycles. The van der Waals surface area contributed by atoms with Gasteiger partial charge in [-0.2, -0.15) is 14.1 Å². The highest BCUT2D eigenvalue weighted by atomic mass is 79.9. The molecule has 0 spiro atoms. The Morgan fingerprint density at radius 3 is 1.68 bits per heavy atom. The highest BCUT2D eigenvalue weighted by molar-refractivity contribution is 9.10. The number of anilines is 5. The van der Waals surface area contributed by atoms with Gasteiger partial charge < -0.3 is 19.4 Å². The molecule has 2 aromatic carbocycles. The summed E-state index contributed by atoms with van der Waals surface area (Å²) in [5.74, 6) is 1.94. The number of thiazole rings is 2. The fraction of sp³-hybridized carbons (Fsp3) is 0.295. The van der Waals surface area contributed by atoms with Crippen molar-refractivity contribution in [2.75, 3.05) is 48.5 Å². The molecule has 320 valence electrons. The van der Waals surface area contributed by atoms with Gasteiger partial charge in [0.15, 0.2) is 33.2 Å². The number of esters is 1. The minimum Gasteiger partial charge on any atom is -0.466 e. The number of hydrogen-bond donors (Lipinski definition) is 0. The van der Waals surface area contributed by atoms with Crippen molar-refractivity contribution in [1.29, 1.82) is 0 Å². The van der Waals surface area contributed by atoms with E-state index >= 15 is 0 Å². The molecule has 18 heteroatoms. The zero-order chi connectivity index (χ0) is 43.5. The second kappa shape index (κ2) is 18.6. The molecule has 1 fully saturated rings. The Bertz CT molecular complexity index is 2820. The van der Waals surface area contributed by atoms with Crippen molar-refractivity contribution in [3.05, 3.63) is 111 Å². The lowest BCUT2D eigenvalue weighted by atomic mass is 9.97. The van der Waals surface area contributed by atoms with Gasteiger partial charge in [0, 0.05) is 49.1 Å². The molecule has 0 bridgehead atoms. The van der Waals surface area contributed by atoms with Crippen LogP contribution in [0.3, 0.4) is 0 Å². The molecule has 0 aliphatic carbocycles. The van der Waals surface area contributed by atoms with Gasteiger partial charge in [0.25, 0.3) is 0 Å². The number of piperidine rings is 1. The van der Waals surface area contributed by atoms with Crippen LogP contribution in [0.1, 0.15) is 45.0 Å². The molecule has 0 atom stereocenters. The predicted molar refractivity (Wildman–Crippen MR) is 245 cm³/mol. The first kappa shape index (κ1) is 42.8. The van der Waals surface area contributed by atoms with Crippen LogP contribution in [0, 0.1) is 17.6 Å². The predicted octanol–water partition coefficient (Wildman–Crippen LogP) is 10.2. The number of aryl methyl sites for hydroxylation is 2. The highest BCUT2D eigenvalue weighted by Gasteiger charge is 2.28. The van der Waals surface area contributed by atoms with E-state index < -0.39 is 0 Å². The minimum absolute atomic E-state index is 0.0493. The Kier molecular flexibility index (Phi) is 12.9. The number of nitrogens with zero attached hydrogens (tertiary/aromatic N) is 11. The van der Waals surface area contributed by atoms with Crippen LogP contribution in [0.25, 0.3) is 33.8 Å². The molecule has 62 heavy (non-hydrogen) atoms. The number of aromatic nitrogens is 8. The third-order valence-corrected chi connectivity index (χ3v) is 12.8. The third kappa shape index (κ3) is 8.89. The van der Waals surface area contributed by atoms with Crippen molar-refractivity contribution >= 4 is 83.6 Å². The summed E-state index contributed by atoms with van der Waals surface area (Å²) in [4.78, 5) is 37.3. The van der Waals surface area contributed by atoms with Crippen molar-refractivity contribution in [3.8, 4) is 22.5 Å². The second-order valence-corrected chi connectivity index (χ2v) is 17.0. The second-order valence-electron chi connectivity index (χ2n) is 14.5. The molecule has 0 N–H and O–H groups in total. The quantitative estimate of drug-likeness (QED) is 0.115. The molecule has 1 aliphatic rings. The van der Waals surface area contributed by atoms with Crippen LogP contribution in [-0.4, -0.2) is 78.9 Å². The fourth-order valence-corrected chi connectivity index (χ4v) is 9.24. The Balaban J connectivity index is 0.000000180. The smallest absolute Gasteiger partial charge is 0.309 e. The first-order valence-electron chi connectivity index (χ1n) is 20.3. The number of carbonyl (C=O) groups excluding carboxylic acids is 1. The van der Waals surface area contributed by atoms with E-state index in [0.29, 0.717) is 6.61 Å². The van der Waals surface area contributed by atoms with Crippen LogP contribution in [-0.2, 0) is 22.4 Å². The van der Waals surface area contributed by atoms with E-state index in [1.807, 2.05) is 74.9 Å². The zero-order valence-electron chi connectivity index (χ0n) is 34.8. The van der Waals surface area contributed by atoms with Crippen LogP contribution in [0.5, 0.6) is 0 Å². The van der Waals surface area contributed by atoms with Crippen LogP contribution < -0.4 is 14.7 Å². The first-order valence-corrected chi connectivity index (χ1v) is 22.8. The number of rotatable bonds is 11. The Hall–Kier alpha value is -5.85. The number of fused-ring (bicyclic) bond motifs is 2. The van der Waals surface area contributed by atoms with Crippen molar-refractivity contribution in [2.24, 2.45) is 5.92 Å². The van der Waals surface area contributed by atoms with Gasteiger partial charge in [-0.25, -0.2) is 28.7 Å². The van der Waals surface area contributed by atoms with Crippen LogP contribution in [0.4, 0.5) is 36.5 Å². The van der Waals surface area contributed by atoms with Gasteiger partial charge in [-0.1, -0.05) is 13.8 Å². The summed E-state index contributed by atoms with van der Waals surface area (Å²) < 4.78 is 36.1. The molecule has 1 saturated heterocycles. The summed E-state index contributed by atoms with van der Waals surface area (Å²) in [5, 5.41) is 15.0. The van der Waals surface area contributed by atoms with E-state index in [-0.39, 0.29) is 23.5 Å². The Morgan fingerprint density at radius 2 is 1.19 bits per heavy atom. The van der Waals surface area contributed by atoms with Crippen LogP contribution in [0.2, 0.25) is 0 Å². The molecule has 8 aromatic rings. The monoisotopic (exact) mass is 939 g/mol. The van der Waals surface area contributed by atoms with Crippen molar-refractivity contribution in [2.45, 2.75) is 46.5 Å². The zero-order valence-corrected chi connectivity index (χ0v) is 38.0. The van der Waals surface area contributed by atoms with E-state index in [1.54, 1.807) is 24.3 Å². The summed E-state index contributed by atoms with van der Waals surface area (Å²) in [6.45, 7) is 7.89. The van der Waals surface area contributed by atoms with E-state index in [2.05, 4.69) is 44.8 Å². The third-order valence-electron chi connectivity index (χ3n) is 10.6. The lowest BCUT2D eigenvalue weighted by molar-refractivity contribution is -0.148. The number of carbonyl (C=O) groups is 1. The SMILES string of the molecule is CCOC(=O)C1CCN(c2ccc3nc(CC)c(N(C)c4nc(-c5ccc(F)cc5)cs4)n3n2)CC1.CCc1nc2ccc(Br)nn2c1N(C)c1nc(-c2ccc(F)cc2)cs1. The van der Waals surface area contributed by atoms with Crippen molar-refractivity contribution in [3.63, 3.8) is 0 Å². The number of hydrogen-bond acceptors (Lipinski definition) is 13. The van der Waals surface area contributed by atoms with Gasteiger partial charge in [-0.15, -0.1) is 27.8 Å². The molecule has 13 nitrogen and oxygen atoms in total. The maximum atomic E-state index is 13.3. The normalized spacial score (nSPS) is 13.1. The first-order chi connectivity index (χ1) is 30.0. The standard InChI is InChI=1S/C26H29FN6O2S.C18H15BrFN5S/c1-4-20-24(31(3)26-29-21(16-36-26)17-6-8-19(27)9-7-17)33-22(28-20)10-11-23(30-33)32-14-12-18(13-15-32)25(34)35-5-2;1-3-13-17(25-16(21-13)9-8-15(19)23-25)24(2)18-22-14(10-26-18)11-4-6-12(20)7-5-11/h6-11,16,18H,4-5,12-15H2,1-3H3;4-10H,3H2,1-2H3. The maximum Gasteiger partial charge on any atom is 0.309 e. The lowest BCUT2D eigenvalue weighted by Crippen LogP contribution is -2.37. The van der Waals surface area contributed by atoms with E-state index in [0.717, 1.165) is 116 Å². The summed E-state index contributed by atoms with van der Waals surface area (Å²) >= 11 is 6.47. The summed E-state index contributed by atoms with van der Waals surface area (Å²) in [6, 6.07) is 20.5. The van der Waals surface area contributed by atoms with Gasteiger partial charge in [-0.05, 0) is 121 Å². The number of imidazole rings is 2. The van der Waals surface area contributed by atoms with Crippen molar-refractivity contribution < 1.29 is 18.3 Å².